The lowest BCUT2D eigenvalue weighted by molar-refractivity contribution is 0.199. The Morgan fingerprint density at radius 3 is 2.53 bits per heavy atom. The van der Waals surface area contributed by atoms with E-state index in [9.17, 15) is 9.50 Å². The third-order valence-corrected chi connectivity index (χ3v) is 3.73. The van der Waals surface area contributed by atoms with Crippen LogP contribution in [0.1, 0.15) is 38.4 Å². The molecule has 1 aromatic carbocycles. The molecular formula is C14H20FNO. The molecule has 0 bridgehead atoms. The van der Waals surface area contributed by atoms with Crippen LogP contribution < -0.4 is 4.90 Å². The maximum absolute atomic E-state index is 13.2. The van der Waals surface area contributed by atoms with Crippen molar-refractivity contribution in [2.75, 3.05) is 11.9 Å². The van der Waals surface area contributed by atoms with Crippen molar-refractivity contribution in [3.05, 3.63) is 29.6 Å². The molecule has 3 heteroatoms. The number of benzene rings is 1. The predicted octanol–water partition coefficient (Wildman–Crippen LogP) is 3.11. The Labute approximate surface area is 102 Å². The van der Waals surface area contributed by atoms with Crippen LogP contribution in [-0.4, -0.2) is 18.2 Å². The summed E-state index contributed by atoms with van der Waals surface area (Å²) in [6, 6.07) is 5.09. The number of anilines is 1. The van der Waals surface area contributed by atoms with Crippen LogP contribution in [0.15, 0.2) is 18.2 Å². The lowest BCUT2D eigenvalue weighted by Crippen LogP contribution is -2.31. The molecule has 1 unspecified atom stereocenters. The highest BCUT2D eigenvalue weighted by Crippen LogP contribution is 2.38. The zero-order chi connectivity index (χ0) is 12.6. The number of halogens is 1. The fraction of sp³-hybridized carbons (Fsp3) is 0.571. The van der Waals surface area contributed by atoms with Gasteiger partial charge in [-0.1, -0.05) is 0 Å². The Hall–Kier alpha value is -1.09. The van der Waals surface area contributed by atoms with Gasteiger partial charge in [0.25, 0.3) is 0 Å². The Morgan fingerprint density at radius 2 is 2.00 bits per heavy atom. The van der Waals surface area contributed by atoms with Crippen LogP contribution >= 0.6 is 0 Å². The smallest absolute Gasteiger partial charge is 0.123 e. The summed E-state index contributed by atoms with van der Waals surface area (Å²) in [6.45, 7) is 3.86. The third kappa shape index (κ3) is 2.60. The first-order chi connectivity index (χ1) is 8.00. The maximum atomic E-state index is 13.2. The van der Waals surface area contributed by atoms with Gasteiger partial charge in [-0.2, -0.15) is 0 Å². The van der Waals surface area contributed by atoms with Gasteiger partial charge in [0, 0.05) is 24.3 Å². The first-order valence-corrected chi connectivity index (χ1v) is 6.21. The average molecular weight is 237 g/mol. The number of aliphatic hydroxyl groups is 1. The van der Waals surface area contributed by atoms with Gasteiger partial charge in [0.1, 0.15) is 5.82 Å². The molecule has 0 heterocycles. The SMILES string of the molecule is CC(C1CC1)N(C)c1ccc(F)cc1[C@@H](C)O. The topological polar surface area (TPSA) is 23.5 Å². The number of aliphatic hydroxyl groups excluding tert-OH is 1. The number of nitrogens with zero attached hydrogens (tertiary/aromatic N) is 1. The van der Waals surface area contributed by atoms with Crippen LogP contribution in [0, 0.1) is 11.7 Å². The van der Waals surface area contributed by atoms with Crippen molar-refractivity contribution < 1.29 is 9.50 Å². The van der Waals surface area contributed by atoms with Crippen molar-refractivity contribution in [2.24, 2.45) is 5.92 Å². The number of hydrogen-bond acceptors (Lipinski definition) is 2. The van der Waals surface area contributed by atoms with Crippen molar-refractivity contribution in [1.82, 2.24) is 0 Å². The fourth-order valence-corrected chi connectivity index (χ4v) is 2.30. The second-order valence-corrected chi connectivity index (χ2v) is 5.07. The van der Waals surface area contributed by atoms with Crippen molar-refractivity contribution >= 4 is 5.69 Å². The second kappa shape index (κ2) is 4.65. The lowest BCUT2D eigenvalue weighted by Gasteiger charge is -2.29. The van der Waals surface area contributed by atoms with Crippen LogP contribution in [0.5, 0.6) is 0 Å². The fourth-order valence-electron chi connectivity index (χ4n) is 2.30. The van der Waals surface area contributed by atoms with E-state index < -0.39 is 6.10 Å². The average Bonchev–Trinajstić information content (AvgIpc) is 3.10. The van der Waals surface area contributed by atoms with Crippen LogP contribution in [0.3, 0.4) is 0 Å². The zero-order valence-corrected chi connectivity index (χ0v) is 10.7. The summed E-state index contributed by atoms with van der Waals surface area (Å²) < 4.78 is 13.2. The molecule has 0 aromatic heterocycles. The largest absolute Gasteiger partial charge is 0.389 e. The summed E-state index contributed by atoms with van der Waals surface area (Å²) in [4.78, 5) is 2.15. The van der Waals surface area contributed by atoms with Crippen molar-refractivity contribution in [1.29, 1.82) is 0 Å². The molecule has 2 rings (SSSR count). The van der Waals surface area contributed by atoms with E-state index >= 15 is 0 Å². The van der Waals surface area contributed by atoms with Crippen LogP contribution in [0.4, 0.5) is 10.1 Å². The van der Waals surface area contributed by atoms with E-state index in [1.54, 1.807) is 13.0 Å². The monoisotopic (exact) mass is 237 g/mol. The highest BCUT2D eigenvalue weighted by Gasteiger charge is 2.31. The van der Waals surface area contributed by atoms with Crippen LogP contribution in [0.25, 0.3) is 0 Å². The first-order valence-electron chi connectivity index (χ1n) is 6.21. The van der Waals surface area contributed by atoms with E-state index in [1.807, 2.05) is 7.05 Å². The Morgan fingerprint density at radius 1 is 1.35 bits per heavy atom. The summed E-state index contributed by atoms with van der Waals surface area (Å²) >= 11 is 0. The van der Waals surface area contributed by atoms with E-state index in [4.69, 9.17) is 0 Å². The molecule has 1 fully saturated rings. The predicted molar refractivity (Wildman–Crippen MR) is 67.6 cm³/mol. The quantitative estimate of drug-likeness (QED) is 0.869. The molecule has 0 radical (unpaired) electrons. The molecule has 1 aliphatic rings. The molecule has 1 aromatic rings. The summed E-state index contributed by atoms with van der Waals surface area (Å²) in [5, 5.41) is 9.72. The Kier molecular flexibility index (Phi) is 3.38. The highest BCUT2D eigenvalue weighted by molar-refractivity contribution is 5.55. The number of hydrogen-bond donors (Lipinski definition) is 1. The normalized spacial score (nSPS) is 18.9. The van der Waals surface area contributed by atoms with Gasteiger partial charge in [-0.25, -0.2) is 4.39 Å². The minimum absolute atomic E-state index is 0.294. The van der Waals surface area contributed by atoms with E-state index in [-0.39, 0.29) is 5.82 Å². The van der Waals surface area contributed by atoms with E-state index in [1.165, 1.54) is 25.0 Å². The van der Waals surface area contributed by atoms with Crippen LogP contribution in [-0.2, 0) is 0 Å². The number of rotatable bonds is 4. The van der Waals surface area contributed by atoms with Crippen molar-refractivity contribution in [3.63, 3.8) is 0 Å². The highest BCUT2D eigenvalue weighted by atomic mass is 19.1. The maximum Gasteiger partial charge on any atom is 0.123 e. The molecule has 17 heavy (non-hydrogen) atoms. The summed E-state index contributed by atoms with van der Waals surface area (Å²) in [6.07, 6.45) is 1.91. The molecule has 2 atom stereocenters. The standard InChI is InChI=1S/C14H20FNO/c1-9(11-4-5-11)16(3)14-7-6-12(15)8-13(14)10(2)17/h6-11,17H,4-5H2,1-3H3/t9?,10-/m1/s1. The van der Waals surface area contributed by atoms with Gasteiger partial charge in [-0.3, -0.25) is 0 Å². The van der Waals surface area contributed by atoms with E-state index in [0.717, 1.165) is 11.6 Å². The van der Waals surface area contributed by atoms with Crippen molar-refractivity contribution in [2.45, 2.75) is 38.8 Å². The van der Waals surface area contributed by atoms with Gasteiger partial charge in [0.15, 0.2) is 0 Å². The molecule has 2 nitrogen and oxygen atoms in total. The Bertz CT molecular complexity index is 401. The molecule has 0 amide bonds. The summed E-state index contributed by atoms with van der Waals surface area (Å²) in [5.41, 5.74) is 1.60. The first kappa shape index (κ1) is 12.4. The van der Waals surface area contributed by atoms with E-state index in [2.05, 4.69) is 11.8 Å². The minimum atomic E-state index is -0.644. The molecule has 1 saturated carbocycles. The second-order valence-electron chi connectivity index (χ2n) is 5.07. The van der Waals surface area contributed by atoms with Gasteiger partial charge in [-0.05, 0) is 50.8 Å². The molecule has 0 aliphatic heterocycles. The summed E-state index contributed by atoms with van der Waals surface area (Å²) in [5.74, 6) is 0.448. The molecule has 0 spiro atoms. The van der Waals surface area contributed by atoms with E-state index in [0.29, 0.717) is 11.6 Å². The third-order valence-electron chi connectivity index (χ3n) is 3.73. The van der Waals surface area contributed by atoms with Gasteiger partial charge in [-0.15, -0.1) is 0 Å². The minimum Gasteiger partial charge on any atom is -0.389 e. The van der Waals surface area contributed by atoms with Crippen LogP contribution in [0.2, 0.25) is 0 Å². The lowest BCUT2D eigenvalue weighted by atomic mass is 10.0. The Balaban J connectivity index is 2.29. The van der Waals surface area contributed by atoms with Gasteiger partial charge < -0.3 is 10.0 Å². The van der Waals surface area contributed by atoms with Crippen molar-refractivity contribution in [3.8, 4) is 0 Å². The summed E-state index contributed by atoms with van der Waals surface area (Å²) in [7, 11) is 2.02. The zero-order valence-electron chi connectivity index (χ0n) is 10.7. The molecule has 0 saturated heterocycles. The molecular weight excluding hydrogens is 217 g/mol. The molecule has 94 valence electrons. The van der Waals surface area contributed by atoms with Gasteiger partial charge >= 0.3 is 0 Å². The molecule has 1 aliphatic carbocycles. The molecule has 1 N–H and O–H groups in total. The van der Waals surface area contributed by atoms with Gasteiger partial charge in [0.05, 0.1) is 6.10 Å². The van der Waals surface area contributed by atoms with Gasteiger partial charge in [0.2, 0.25) is 0 Å².